The van der Waals surface area contributed by atoms with E-state index >= 15 is 0 Å². The predicted octanol–water partition coefficient (Wildman–Crippen LogP) is 8.88. The fourth-order valence-electron chi connectivity index (χ4n) is 6.26. The molecular formula is C36H29N5O2S2. The van der Waals surface area contributed by atoms with Crippen LogP contribution in [0.2, 0.25) is 0 Å². The van der Waals surface area contributed by atoms with E-state index < -0.39 is 0 Å². The average molecular weight is 628 g/mol. The van der Waals surface area contributed by atoms with Gasteiger partial charge in [-0.25, -0.2) is 0 Å². The van der Waals surface area contributed by atoms with Crippen molar-refractivity contribution in [3.63, 3.8) is 0 Å². The summed E-state index contributed by atoms with van der Waals surface area (Å²) >= 11 is 7.57. The van der Waals surface area contributed by atoms with E-state index in [1.54, 1.807) is 23.9 Å². The molecule has 2 unspecified atom stereocenters. The summed E-state index contributed by atoms with van der Waals surface area (Å²) in [6.07, 6.45) is 1.82. The van der Waals surface area contributed by atoms with Gasteiger partial charge in [0.25, 0.3) is 5.69 Å². The molecule has 7 nitrogen and oxygen atoms in total. The Morgan fingerprint density at radius 3 is 2.27 bits per heavy atom. The van der Waals surface area contributed by atoms with Crippen molar-refractivity contribution in [3.05, 3.63) is 154 Å². The molecule has 0 aliphatic carbocycles. The monoisotopic (exact) mass is 627 g/mol. The predicted molar refractivity (Wildman–Crippen MR) is 184 cm³/mol. The molecule has 0 amide bonds. The van der Waals surface area contributed by atoms with Crippen LogP contribution in [-0.4, -0.2) is 19.6 Å². The van der Waals surface area contributed by atoms with Gasteiger partial charge >= 0.3 is 0 Å². The maximum absolute atomic E-state index is 11.0. The number of nitrogens with zero attached hydrogens (tertiary/aromatic N) is 4. The van der Waals surface area contributed by atoms with Crippen molar-refractivity contribution in [2.24, 2.45) is 0 Å². The Bertz CT molecular complexity index is 2040. The van der Waals surface area contributed by atoms with Crippen molar-refractivity contribution in [1.29, 1.82) is 0 Å². The second-order valence-corrected chi connectivity index (χ2v) is 12.5. The van der Waals surface area contributed by atoms with Gasteiger partial charge in [-0.15, -0.1) is 0 Å². The molecule has 3 heterocycles. The van der Waals surface area contributed by atoms with Crippen molar-refractivity contribution in [2.45, 2.75) is 35.7 Å². The van der Waals surface area contributed by atoms with Gasteiger partial charge in [0.1, 0.15) is 0 Å². The molecule has 222 valence electrons. The highest BCUT2D eigenvalue weighted by molar-refractivity contribution is 7.99. The van der Waals surface area contributed by atoms with Crippen molar-refractivity contribution in [1.82, 2.24) is 14.9 Å². The maximum Gasteiger partial charge on any atom is 0.269 e. The van der Waals surface area contributed by atoms with Crippen LogP contribution in [0, 0.1) is 24.0 Å². The van der Waals surface area contributed by atoms with Crippen LogP contribution in [-0.2, 0) is 0 Å². The Balaban J connectivity index is 1.28. The van der Waals surface area contributed by atoms with E-state index in [4.69, 9.17) is 17.2 Å². The van der Waals surface area contributed by atoms with Crippen molar-refractivity contribution in [3.8, 4) is 5.69 Å². The zero-order valence-corrected chi connectivity index (χ0v) is 26.3. The zero-order valence-electron chi connectivity index (χ0n) is 24.6. The van der Waals surface area contributed by atoms with Gasteiger partial charge in [0.15, 0.2) is 5.11 Å². The summed E-state index contributed by atoms with van der Waals surface area (Å²) < 4.78 is 2.34. The number of nitro benzene ring substituents is 1. The summed E-state index contributed by atoms with van der Waals surface area (Å²) in [4.78, 5) is 19.5. The van der Waals surface area contributed by atoms with Gasteiger partial charge < -0.3 is 14.8 Å². The van der Waals surface area contributed by atoms with Gasteiger partial charge in [0, 0.05) is 50.6 Å². The summed E-state index contributed by atoms with van der Waals surface area (Å²) in [5, 5.41) is 17.7. The van der Waals surface area contributed by atoms with E-state index in [0.29, 0.717) is 5.11 Å². The van der Waals surface area contributed by atoms with E-state index in [-0.39, 0.29) is 22.7 Å². The third kappa shape index (κ3) is 5.34. The summed E-state index contributed by atoms with van der Waals surface area (Å²) in [5.74, 6) is 0. The molecule has 2 aromatic heterocycles. The van der Waals surface area contributed by atoms with Crippen LogP contribution in [0.5, 0.6) is 0 Å². The lowest BCUT2D eigenvalue weighted by atomic mass is 9.96. The Morgan fingerprint density at radius 2 is 1.56 bits per heavy atom. The highest BCUT2D eigenvalue weighted by Gasteiger charge is 2.42. The van der Waals surface area contributed by atoms with Crippen LogP contribution in [0.3, 0.4) is 0 Å². The third-order valence-corrected chi connectivity index (χ3v) is 9.62. The molecule has 1 aliphatic heterocycles. The standard InChI is InChI=1S/C36H29N5O2S2/c1-23-22-31(24(2)39(23)33-12-7-9-25-8-3-4-10-30(25)33)35-34(32-11-5-6-21-37-32)38-36(44)40(35)26-13-17-28(18-14-26)45-29-19-15-27(16-20-29)41(42)43/h3-22,34-35H,1-2H3,(H,38,44). The number of thiocarbonyl (C=S) groups is 1. The van der Waals surface area contributed by atoms with E-state index in [9.17, 15) is 10.1 Å². The quantitative estimate of drug-likeness (QED) is 0.108. The highest BCUT2D eigenvalue weighted by Crippen LogP contribution is 2.44. The van der Waals surface area contributed by atoms with Crippen molar-refractivity contribution < 1.29 is 4.92 Å². The molecule has 0 radical (unpaired) electrons. The normalized spacial score (nSPS) is 16.2. The highest BCUT2D eigenvalue weighted by atomic mass is 32.2. The number of aromatic nitrogens is 2. The maximum atomic E-state index is 11.0. The van der Waals surface area contributed by atoms with Crippen LogP contribution in [0.4, 0.5) is 11.4 Å². The number of non-ortho nitro benzene ring substituents is 1. The number of nitro groups is 1. The molecule has 4 aromatic carbocycles. The molecule has 0 saturated carbocycles. The molecule has 6 aromatic rings. The van der Waals surface area contributed by atoms with Gasteiger partial charge in [-0.2, -0.15) is 0 Å². The topological polar surface area (TPSA) is 76.2 Å². The Labute approximate surface area is 270 Å². The average Bonchev–Trinajstić information content (AvgIpc) is 3.56. The molecule has 0 bridgehead atoms. The number of nitrogens with one attached hydrogen (secondary N) is 1. The molecule has 1 saturated heterocycles. The molecule has 45 heavy (non-hydrogen) atoms. The molecule has 0 spiro atoms. The van der Waals surface area contributed by atoms with Gasteiger partial charge in [0.2, 0.25) is 0 Å². The number of hydrogen-bond donors (Lipinski definition) is 1. The van der Waals surface area contributed by atoms with E-state index in [0.717, 1.165) is 38.2 Å². The molecule has 1 fully saturated rings. The lowest BCUT2D eigenvalue weighted by Gasteiger charge is -2.28. The summed E-state index contributed by atoms with van der Waals surface area (Å²) in [6, 6.07) is 37.8. The first kappa shape index (κ1) is 28.8. The molecule has 7 rings (SSSR count). The van der Waals surface area contributed by atoms with E-state index in [1.165, 1.54) is 28.5 Å². The summed E-state index contributed by atoms with van der Waals surface area (Å²) in [6.45, 7) is 4.34. The number of pyridine rings is 1. The summed E-state index contributed by atoms with van der Waals surface area (Å²) in [7, 11) is 0. The minimum atomic E-state index is -0.385. The molecule has 2 atom stereocenters. The fraction of sp³-hybridized carbons (Fsp3) is 0.111. The molecule has 1 aliphatic rings. The lowest BCUT2D eigenvalue weighted by Crippen LogP contribution is -2.29. The van der Waals surface area contributed by atoms with Crippen LogP contribution < -0.4 is 10.2 Å². The largest absolute Gasteiger partial charge is 0.351 e. The van der Waals surface area contributed by atoms with Gasteiger partial charge in [-0.05, 0) is 97.7 Å². The van der Waals surface area contributed by atoms with Crippen LogP contribution >= 0.6 is 24.0 Å². The first-order valence-corrected chi connectivity index (χ1v) is 15.8. The zero-order chi connectivity index (χ0) is 31.1. The Hall–Kier alpha value is -4.99. The van der Waals surface area contributed by atoms with Crippen LogP contribution in [0.25, 0.3) is 16.5 Å². The second kappa shape index (κ2) is 11.8. The molecular weight excluding hydrogens is 599 g/mol. The SMILES string of the molecule is Cc1cc(C2C(c3ccccn3)NC(=S)N2c2ccc(Sc3ccc([N+](=O)[O-])cc3)cc2)c(C)n1-c1cccc2ccccc12. The van der Waals surface area contributed by atoms with Gasteiger partial charge in [-0.1, -0.05) is 54.2 Å². The minimum absolute atomic E-state index is 0.0815. The number of fused-ring (bicyclic) bond motifs is 1. The Morgan fingerprint density at radius 1 is 0.867 bits per heavy atom. The lowest BCUT2D eigenvalue weighted by molar-refractivity contribution is -0.384. The van der Waals surface area contributed by atoms with E-state index in [2.05, 4.69) is 101 Å². The van der Waals surface area contributed by atoms with E-state index in [1.807, 2.05) is 24.4 Å². The number of anilines is 1. The van der Waals surface area contributed by atoms with Crippen molar-refractivity contribution in [2.75, 3.05) is 4.90 Å². The van der Waals surface area contributed by atoms with Gasteiger partial charge in [-0.3, -0.25) is 15.1 Å². The number of rotatable bonds is 7. The minimum Gasteiger partial charge on any atom is -0.351 e. The molecule has 1 N–H and O–H groups in total. The number of benzene rings is 4. The second-order valence-electron chi connectivity index (χ2n) is 11.0. The first-order chi connectivity index (χ1) is 21.9. The van der Waals surface area contributed by atoms with Crippen LogP contribution in [0.1, 0.15) is 34.7 Å². The van der Waals surface area contributed by atoms with Crippen molar-refractivity contribution >= 4 is 51.2 Å². The third-order valence-electron chi connectivity index (χ3n) is 8.29. The summed E-state index contributed by atoms with van der Waals surface area (Å²) in [5.41, 5.74) is 6.59. The number of aryl methyl sites for hydroxylation is 1. The first-order valence-electron chi connectivity index (χ1n) is 14.6. The number of hydrogen-bond acceptors (Lipinski definition) is 5. The Kier molecular flexibility index (Phi) is 7.56. The molecule has 9 heteroatoms. The fourth-order valence-corrected chi connectivity index (χ4v) is 7.42. The smallest absolute Gasteiger partial charge is 0.269 e. The van der Waals surface area contributed by atoms with Crippen LogP contribution in [0.15, 0.2) is 131 Å². The van der Waals surface area contributed by atoms with Gasteiger partial charge in [0.05, 0.1) is 28.4 Å².